The molecule has 3 N–H and O–H groups in total. The zero-order chi connectivity index (χ0) is 6.50. The first-order chi connectivity index (χ1) is 3.00. The van der Waals surface area contributed by atoms with Gasteiger partial charge in [0.2, 0.25) is 0 Å². The van der Waals surface area contributed by atoms with Gasteiger partial charge < -0.3 is 0 Å². The number of hydrogen-bond donors (Lipinski definition) is 2. The van der Waals surface area contributed by atoms with Crippen LogP contribution in [0.3, 0.4) is 0 Å². The zero-order valence-electron chi connectivity index (χ0n) is 3.63. The van der Waals surface area contributed by atoms with Crippen molar-refractivity contribution in [3.05, 3.63) is 0 Å². The Kier molecular flexibility index (Phi) is 9.80. The van der Waals surface area contributed by atoms with Gasteiger partial charge in [0.15, 0.2) is 0 Å². The van der Waals surface area contributed by atoms with Crippen LogP contribution in [-0.2, 0) is 10.3 Å². The van der Waals surface area contributed by atoms with E-state index < -0.39 is 10.3 Å². The van der Waals surface area contributed by atoms with E-state index in [1.54, 1.807) is 0 Å². The van der Waals surface area contributed by atoms with Gasteiger partial charge in [-0.25, -0.2) is 5.14 Å². The van der Waals surface area contributed by atoms with Crippen molar-refractivity contribution in [2.24, 2.45) is 5.14 Å². The summed E-state index contributed by atoms with van der Waals surface area (Å²) in [5.41, 5.74) is 0. The summed E-state index contributed by atoms with van der Waals surface area (Å²) in [6.45, 7) is 0. The molecule has 0 saturated heterocycles. The van der Waals surface area contributed by atoms with Gasteiger partial charge in [0.25, 0.3) is 0 Å². The molecule has 7 heavy (non-hydrogen) atoms. The minimum absolute atomic E-state index is 0.535. The molecule has 0 aliphatic carbocycles. The van der Waals surface area contributed by atoms with Crippen molar-refractivity contribution in [2.75, 3.05) is 0 Å². The van der Waals surface area contributed by atoms with Crippen molar-refractivity contribution in [1.29, 1.82) is 0 Å². The molecule has 0 rings (SSSR count). The molecule has 0 bridgehead atoms. The number of rotatable bonds is 0. The number of hydrogen-bond acceptors (Lipinski definition) is 2. The normalized spacial score (nSPS) is 9.29. The van der Waals surface area contributed by atoms with Crippen molar-refractivity contribution >= 4 is 61.2 Å². The molecule has 0 aromatic carbocycles. The fourth-order valence-electron chi connectivity index (χ4n) is 0. The molecule has 0 aromatic rings. The van der Waals surface area contributed by atoms with E-state index in [1.165, 1.54) is 0 Å². The standard InChI is InChI=1S/ClH.K.H3NO3S/c;;1-5(2,3)4/h1H;;(H3,1,2,3,4)/q;+1;/p-1. The second-order valence-electron chi connectivity index (χ2n) is 0.515. The monoisotopic (exact) mass is 171 g/mol. The van der Waals surface area contributed by atoms with Gasteiger partial charge in [-0.1, -0.05) is 0 Å². The summed E-state index contributed by atoms with van der Waals surface area (Å²) in [5.74, 6) is 0. The molecule has 0 unspecified atom stereocenters. The van der Waals surface area contributed by atoms with Crippen molar-refractivity contribution in [2.45, 2.75) is 0 Å². The first-order valence-corrected chi connectivity index (χ1v) is 6.93. The van der Waals surface area contributed by atoms with Crippen LogP contribution in [0.4, 0.5) is 0 Å². The molecule has 4 nitrogen and oxygen atoms in total. The second-order valence-corrected chi connectivity index (χ2v) is 1.54. The van der Waals surface area contributed by atoms with Crippen LogP contribution in [0.1, 0.15) is 0 Å². The van der Waals surface area contributed by atoms with Gasteiger partial charge in [-0.3, -0.25) is 4.55 Å². The Morgan fingerprint density at radius 3 is 1.57 bits per heavy atom. The molecule has 40 valence electrons. The van der Waals surface area contributed by atoms with E-state index in [9.17, 15) is 0 Å². The number of nitrogens with two attached hydrogens (primary N) is 1. The molecular formula is H3ClKNO3S. The molecule has 0 spiro atoms. The van der Waals surface area contributed by atoms with Gasteiger partial charge in [0.1, 0.15) is 0 Å². The van der Waals surface area contributed by atoms with Gasteiger partial charge in [-0.2, -0.15) is 8.42 Å². The zero-order valence-corrected chi connectivity index (χ0v) is 8.32. The predicted molar refractivity (Wildman–Crippen MR) is 27.3 cm³/mol. The van der Waals surface area contributed by atoms with Crippen LogP contribution in [0.25, 0.3) is 0 Å². The molecule has 0 atom stereocenters. The molecule has 0 aromatic heterocycles. The van der Waals surface area contributed by atoms with Gasteiger partial charge in [0.05, 0.1) is 0 Å². The van der Waals surface area contributed by atoms with Crippen molar-refractivity contribution in [3.63, 3.8) is 0 Å². The fraction of sp³-hybridized carbons (Fsp3) is 0. The third kappa shape index (κ3) is 81.2. The Hall–Kier alpha value is 1.80. The van der Waals surface area contributed by atoms with Crippen LogP contribution in [0.5, 0.6) is 0 Å². The average Bonchev–Trinajstić information content (AvgIpc) is 1.36. The Morgan fingerprint density at radius 1 is 1.57 bits per heavy atom. The van der Waals surface area contributed by atoms with Crippen molar-refractivity contribution in [3.8, 4) is 0 Å². The van der Waals surface area contributed by atoms with Crippen molar-refractivity contribution in [1.82, 2.24) is 0 Å². The van der Waals surface area contributed by atoms with Crippen LogP contribution in [0.2, 0.25) is 0 Å². The molecule has 0 amide bonds. The summed E-state index contributed by atoms with van der Waals surface area (Å²) in [5, 5.41) is 3.88. The molecule has 0 aliphatic heterocycles. The van der Waals surface area contributed by atoms with Crippen LogP contribution < -0.4 is 5.14 Å². The molecule has 0 aliphatic rings. The Balaban J connectivity index is 0. The molecule has 7 heteroatoms. The summed E-state index contributed by atoms with van der Waals surface area (Å²) in [4.78, 5) is 0. The number of halogens is 1. The van der Waals surface area contributed by atoms with Crippen molar-refractivity contribution < 1.29 is 13.0 Å². The van der Waals surface area contributed by atoms with Gasteiger partial charge in [0, 0.05) is 0 Å². The first-order valence-electron chi connectivity index (χ1n) is 1.13. The van der Waals surface area contributed by atoms with E-state index in [1.807, 2.05) is 0 Å². The summed E-state index contributed by atoms with van der Waals surface area (Å²) in [6, 6.07) is 0. The maximum atomic E-state index is 8.97. The fourth-order valence-corrected chi connectivity index (χ4v) is 0. The van der Waals surface area contributed by atoms with Crippen LogP contribution >= 0.6 is 3.76 Å². The third-order valence-electron chi connectivity index (χ3n) is 0. The quantitative estimate of drug-likeness (QED) is 0.365. The minimum atomic E-state index is -4.17. The predicted octanol–water partition coefficient (Wildman–Crippen LogP) is -0.943. The first kappa shape index (κ1) is 11.6. The second kappa shape index (κ2) is 5.92. The van der Waals surface area contributed by atoms with Crippen LogP contribution in [0.15, 0.2) is 0 Å². The van der Waals surface area contributed by atoms with Crippen LogP contribution in [-0.4, -0.2) is 60.1 Å². The molecule has 0 heterocycles. The van der Waals surface area contributed by atoms with E-state index in [0.29, 0.717) is 47.1 Å². The Morgan fingerprint density at radius 2 is 1.57 bits per heavy atom. The van der Waals surface area contributed by atoms with E-state index in [2.05, 4.69) is 5.14 Å². The summed E-state index contributed by atoms with van der Waals surface area (Å²) in [7, 11) is -4.17. The molecule has 0 radical (unpaired) electrons. The maximum absolute atomic E-state index is 8.97. The van der Waals surface area contributed by atoms with Gasteiger partial charge in [-0.15, -0.1) is 0 Å². The van der Waals surface area contributed by atoms with E-state index in [-0.39, 0.29) is 0 Å². The van der Waals surface area contributed by atoms with Gasteiger partial charge in [-0.05, 0) is 0 Å². The Bertz CT molecular complexity index is 98.1. The topological polar surface area (TPSA) is 80.4 Å². The molecule has 0 saturated carbocycles. The molecular weight excluding hydrogens is 169 g/mol. The summed E-state index contributed by atoms with van der Waals surface area (Å²) in [6.07, 6.45) is 0. The van der Waals surface area contributed by atoms with E-state index in [4.69, 9.17) is 16.7 Å². The Labute approximate surface area is 77.7 Å². The van der Waals surface area contributed by atoms with E-state index in [0.717, 1.165) is 0 Å². The summed E-state index contributed by atoms with van der Waals surface area (Å²) >= 11 is 0.535. The SMILES string of the molecule is NS(=O)(=O)O.[Cl][K]. The van der Waals surface area contributed by atoms with Gasteiger partial charge >= 0.3 is 61.2 Å². The average molecular weight is 172 g/mol. The van der Waals surface area contributed by atoms with Crippen LogP contribution in [0, 0.1) is 0 Å². The molecule has 0 fully saturated rings. The van der Waals surface area contributed by atoms with E-state index >= 15 is 0 Å². The summed E-state index contributed by atoms with van der Waals surface area (Å²) < 4.78 is 30.0. The third-order valence-corrected chi connectivity index (χ3v) is 0.